The van der Waals surface area contributed by atoms with Crippen LogP contribution in [0.2, 0.25) is 0 Å². The molecule has 0 saturated carbocycles. The molecule has 1 saturated heterocycles. The van der Waals surface area contributed by atoms with Crippen LogP contribution in [0.3, 0.4) is 0 Å². The van der Waals surface area contributed by atoms with Crippen molar-refractivity contribution in [2.24, 2.45) is 0 Å². The summed E-state index contributed by atoms with van der Waals surface area (Å²) in [5.41, 5.74) is 0.0852. The summed E-state index contributed by atoms with van der Waals surface area (Å²) < 4.78 is 25.2. The number of hydrogen-bond donors (Lipinski definition) is 0. The van der Waals surface area contributed by atoms with Gasteiger partial charge in [-0.25, -0.2) is 9.18 Å². The Hall–Kier alpha value is -3.34. The summed E-state index contributed by atoms with van der Waals surface area (Å²) in [7, 11) is 0. The topological polar surface area (TPSA) is 78.7 Å². The minimum atomic E-state index is -0.532. The van der Waals surface area contributed by atoms with Crippen molar-refractivity contribution in [1.29, 1.82) is 5.26 Å². The first-order valence-corrected chi connectivity index (χ1v) is 10.2. The van der Waals surface area contributed by atoms with Crippen LogP contribution in [0, 0.1) is 17.1 Å². The summed E-state index contributed by atoms with van der Waals surface area (Å²) >= 11 is 0. The molecule has 0 bridgehead atoms. The van der Waals surface area contributed by atoms with Gasteiger partial charge in [0, 0.05) is 37.3 Å². The molecule has 8 heteroatoms. The van der Waals surface area contributed by atoms with Gasteiger partial charge in [-0.15, -0.1) is 0 Å². The number of ether oxygens (including phenoxy) is 2. The third-order valence-electron chi connectivity index (χ3n) is 4.85. The third kappa shape index (κ3) is 5.85. The first-order chi connectivity index (χ1) is 14.7. The standard InChI is InChI=1S/C23H27FN4O3/c1-16-14-27(10-11-28(16)22(29)31-23(2,3)4)20-6-5-7-21(26-20)30-15-18-9-8-17(13-25)12-19(18)24/h5-9,12,16H,10-11,14-15H2,1-4H3. The van der Waals surface area contributed by atoms with Crippen LogP contribution in [0.4, 0.5) is 15.0 Å². The summed E-state index contributed by atoms with van der Waals surface area (Å²) in [6, 6.07) is 11.6. The van der Waals surface area contributed by atoms with Crippen LogP contribution < -0.4 is 9.64 Å². The predicted molar refractivity (Wildman–Crippen MR) is 114 cm³/mol. The number of nitriles is 1. The number of carbonyl (C=O) groups excluding carboxylic acids is 1. The van der Waals surface area contributed by atoms with E-state index in [4.69, 9.17) is 14.7 Å². The highest BCUT2D eigenvalue weighted by Gasteiger charge is 2.31. The molecule has 1 aromatic carbocycles. The minimum absolute atomic E-state index is 0.0107. The quantitative estimate of drug-likeness (QED) is 0.732. The highest BCUT2D eigenvalue weighted by Crippen LogP contribution is 2.22. The van der Waals surface area contributed by atoms with Gasteiger partial charge in [-0.3, -0.25) is 0 Å². The van der Waals surface area contributed by atoms with E-state index in [2.05, 4.69) is 9.88 Å². The van der Waals surface area contributed by atoms with E-state index in [-0.39, 0.29) is 24.3 Å². The molecule has 1 unspecified atom stereocenters. The van der Waals surface area contributed by atoms with Gasteiger partial charge in [-0.2, -0.15) is 10.2 Å². The fraction of sp³-hybridized carbons (Fsp3) is 0.435. The predicted octanol–water partition coefficient (Wildman–Crippen LogP) is 4.12. The number of benzene rings is 1. The number of aromatic nitrogens is 1. The van der Waals surface area contributed by atoms with E-state index < -0.39 is 11.4 Å². The second kappa shape index (κ2) is 9.21. The molecule has 164 valence electrons. The van der Waals surface area contributed by atoms with Crippen molar-refractivity contribution >= 4 is 11.9 Å². The van der Waals surface area contributed by atoms with Gasteiger partial charge < -0.3 is 19.3 Å². The average molecular weight is 426 g/mol. The smallest absolute Gasteiger partial charge is 0.410 e. The molecule has 1 amide bonds. The molecule has 0 N–H and O–H groups in total. The molecule has 0 radical (unpaired) electrons. The SMILES string of the molecule is CC1CN(c2cccc(OCc3ccc(C#N)cc3F)n2)CCN1C(=O)OC(C)(C)C. The lowest BCUT2D eigenvalue weighted by molar-refractivity contribution is 0.0158. The maximum absolute atomic E-state index is 14.1. The summed E-state index contributed by atoms with van der Waals surface area (Å²) in [6.45, 7) is 9.30. The lowest BCUT2D eigenvalue weighted by atomic mass is 10.1. The Kier molecular flexibility index (Phi) is 6.64. The number of nitrogens with zero attached hydrogens (tertiary/aromatic N) is 4. The summed E-state index contributed by atoms with van der Waals surface area (Å²) in [5, 5.41) is 8.84. The molecule has 2 heterocycles. The van der Waals surface area contributed by atoms with Crippen LogP contribution in [-0.4, -0.2) is 47.3 Å². The van der Waals surface area contributed by atoms with Crippen molar-refractivity contribution in [1.82, 2.24) is 9.88 Å². The molecule has 7 nitrogen and oxygen atoms in total. The Bertz CT molecular complexity index is 984. The van der Waals surface area contributed by atoms with Crippen LogP contribution in [0.1, 0.15) is 38.8 Å². The van der Waals surface area contributed by atoms with Gasteiger partial charge in [-0.1, -0.05) is 12.1 Å². The molecule has 1 aliphatic rings. The van der Waals surface area contributed by atoms with E-state index in [9.17, 15) is 9.18 Å². The highest BCUT2D eigenvalue weighted by atomic mass is 19.1. The van der Waals surface area contributed by atoms with Gasteiger partial charge in [0.1, 0.15) is 23.8 Å². The third-order valence-corrected chi connectivity index (χ3v) is 4.85. The Morgan fingerprint density at radius 3 is 2.71 bits per heavy atom. The molecular formula is C23H27FN4O3. The van der Waals surface area contributed by atoms with E-state index in [1.54, 1.807) is 17.0 Å². The summed E-state index contributed by atoms with van der Waals surface area (Å²) in [6.07, 6.45) is -0.311. The molecule has 31 heavy (non-hydrogen) atoms. The van der Waals surface area contributed by atoms with Crippen molar-refractivity contribution in [3.8, 4) is 11.9 Å². The average Bonchev–Trinajstić information content (AvgIpc) is 2.71. The van der Waals surface area contributed by atoms with Crippen molar-refractivity contribution in [3.63, 3.8) is 0 Å². The molecule has 1 aromatic heterocycles. The molecular weight excluding hydrogens is 399 g/mol. The van der Waals surface area contributed by atoms with Crippen molar-refractivity contribution in [2.75, 3.05) is 24.5 Å². The minimum Gasteiger partial charge on any atom is -0.473 e. The Labute approximate surface area is 182 Å². The largest absolute Gasteiger partial charge is 0.473 e. The Morgan fingerprint density at radius 1 is 1.29 bits per heavy atom. The highest BCUT2D eigenvalue weighted by molar-refractivity contribution is 5.69. The Morgan fingerprint density at radius 2 is 2.06 bits per heavy atom. The molecule has 1 aliphatic heterocycles. The Balaban J connectivity index is 1.62. The first kappa shape index (κ1) is 22.3. The van der Waals surface area contributed by atoms with E-state index >= 15 is 0 Å². The van der Waals surface area contributed by atoms with Gasteiger partial charge in [0.25, 0.3) is 0 Å². The number of rotatable bonds is 4. The second-order valence-corrected chi connectivity index (χ2v) is 8.51. The van der Waals surface area contributed by atoms with Crippen LogP contribution in [0.25, 0.3) is 0 Å². The zero-order valence-electron chi connectivity index (χ0n) is 18.3. The monoisotopic (exact) mass is 426 g/mol. The van der Waals surface area contributed by atoms with Gasteiger partial charge in [0.05, 0.1) is 11.6 Å². The number of amides is 1. The molecule has 0 spiro atoms. The number of anilines is 1. The van der Waals surface area contributed by atoms with Crippen molar-refractivity contribution in [2.45, 2.75) is 45.9 Å². The number of pyridine rings is 1. The zero-order chi connectivity index (χ0) is 22.6. The number of hydrogen-bond acceptors (Lipinski definition) is 6. The molecule has 3 rings (SSSR count). The molecule has 2 aromatic rings. The van der Waals surface area contributed by atoms with Crippen LogP contribution >= 0.6 is 0 Å². The van der Waals surface area contributed by atoms with Gasteiger partial charge >= 0.3 is 6.09 Å². The second-order valence-electron chi connectivity index (χ2n) is 8.51. The van der Waals surface area contributed by atoms with E-state index in [0.29, 0.717) is 31.1 Å². The van der Waals surface area contributed by atoms with E-state index in [1.807, 2.05) is 45.9 Å². The lowest BCUT2D eigenvalue weighted by Crippen LogP contribution is -2.55. The summed E-state index contributed by atoms with van der Waals surface area (Å²) in [5.74, 6) is 0.624. The maximum atomic E-state index is 14.1. The van der Waals surface area contributed by atoms with Crippen LogP contribution in [0.5, 0.6) is 5.88 Å². The molecule has 1 fully saturated rings. The van der Waals surface area contributed by atoms with Crippen molar-refractivity contribution in [3.05, 3.63) is 53.3 Å². The fourth-order valence-corrected chi connectivity index (χ4v) is 3.30. The number of halogens is 1. The van der Waals surface area contributed by atoms with E-state index in [1.165, 1.54) is 12.1 Å². The first-order valence-electron chi connectivity index (χ1n) is 10.2. The van der Waals surface area contributed by atoms with Crippen LogP contribution in [0.15, 0.2) is 36.4 Å². The van der Waals surface area contributed by atoms with Gasteiger partial charge in [-0.05, 0) is 45.9 Å². The van der Waals surface area contributed by atoms with Crippen molar-refractivity contribution < 1.29 is 18.7 Å². The van der Waals surface area contributed by atoms with Gasteiger partial charge in [0.15, 0.2) is 0 Å². The van der Waals surface area contributed by atoms with E-state index in [0.717, 1.165) is 5.82 Å². The number of piperazine rings is 1. The maximum Gasteiger partial charge on any atom is 0.410 e. The van der Waals surface area contributed by atoms with Gasteiger partial charge in [0.2, 0.25) is 5.88 Å². The lowest BCUT2D eigenvalue weighted by Gasteiger charge is -2.40. The molecule has 1 atom stereocenters. The number of carbonyl (C=O) groups is 1. The normalized spacial score (nSPS) is 16.6. The molecule has 0 aliphatic carbocycles. The zero-order valence-corrected chi connectivity index (χ0v) is 18.3. The fourth-order valence-electron chi connectivity index (χ4n) is 3.30. The summed E-state index contributed by atoms with van der Waals surface area (Å²) in [4.78, 5) is 20.8. The van der Waals surface area contributed by atoms with Crippen LogP contribution in [-0.2, 0) is 11.3 Å².